The summed E-state index contributed by atoms with van der Waals surface area (Å²) in [5, 5.41) is 43.3. The largest absolute Gasteiger partial charge is 0.457 e. The standard InChI is InChI=1S/C37H60N2O9/c1-7-29(41)26(4)34-30(46-34)23-36(5,44)16-9-10-24(2)33-25(3)13-14-31(37(6,45)17-15-28(40)22-32(42)48-33)47-35(43)39-20-18-38(19-21-39)27-11-8-12-27/h9-10,13-14,16,25-31,33-34,40-41,44-45H,7-8,11-12,15,17-23H2,1-6H3/b14-13-,16-9+,24-10+. The number of piperazine rings is 1. The minimum Gasteiger partial charge on any atom is -0.457 e. The third kappa shape index (κ3) is 10.6. The lowest BCUT2D eigenvalue weighted by atomic mass is 9.88. The van der Waals surface area contributed by atoms with Crippen LogP contribution >= 0.6 is 0 Å². The van der Waals surface area contributed by atoms with Gasteiger partial charge in [0.1, 0.15) is 11.7 Å². The topological polar surface area (TPSA) is 153 Å². The van der Waals surface area contributed by atoms with E-state index in [1.807, 2.05) is 27.7 Å². The van der Waals surface area contributed by atoms with Crippen LogP contribution in [0.15, 0.2) is 36.0 Å². The first-order chi connectivity index (χ1) is 22.6. The molecule has 1 saturated carbocycles. The number of aliphatic hydroxyl groups excluding tert-OH is 2. The van der Waals surface area contributed by atoms with Crippen LogP contribution in [0.3, 0.4) is 0 Å². The number of carbonyl (C=O) groups is 2. The number of cyclic esters (lactones) is 1. The van der Waals surface area contributed by atoms with Gasteiger partial charge in [0.05, 0.1) is 36.4 Å². The lowest BCUT2D eigenvalue weighted by Gasteiger charge is -2.43. The average molecular weight is 677 g/mol. The van der Waals surface area contributed by atoms with E-state index in [1.165, 1.54) is 19.3 Å². The second kappa shape index (κ2) is 16.6. The Kier molecular flexibility index (Phi) is 13.3. The van der Waals surface area contributed by atoms with Gasteiger partial charge in [-0.25, -0.2) is 4.79 Å². The number of hydrogen-bond acceptors (Lipinski definition) is 10. The zero-order valence-electron chi connectivity index (χ0n) is 29.8. The first kappa shape index (κ1) is 38.5. The molecular weight excluding hydrogens is 616 g/mol. The van der Waals surface area contributed by atoms with E-state index in [9.17, 15) is 30.0 Å². The normalized spacial score (nSPS) is 36.2. The van der Waals surface area contributed by atoms with Crippen molar-refractivity contribution in [2.24, 2.45) is 11.8 Å². The molecule has 11 heteroatoms. The number of hydrogen-bond donors (Lipinski definition) is 4. The Balaban J connectivity index is 1.43. The minimum absolute atomic E-state index is 0.00934. The summed E-state index contributed by atoms with van der Waals surface area (Å²) in [6, 6.07) is 0.620. The maximum Gasteiger partial charge on any atom is 0.410 e. The molecule has 3 fully saturated rings. The van der Waals surface area contributed by atoms with Gasteiger partial charge in [-0.05, 0) is 64.5 Å². The van der Waals surface area contributed by atoms with Crippen LogP contribution in [0.5, 0.6) is 0 Å². The Labute approximate surface area is 286 Å². The highest BCUT2D eigenvalue weighted by Crippen LogP contribution is 2.37. The van der Waals surface area contributed by atoms with Crippen molar-refractivity contribution in [2.75, 3.05) is 26.2 Å². The first-order valence-electron chi connectivity index (χ1n) is 18.0. The molecule has 0 aromatic carbocycles. The lowest BCUT2D eigenvalue weighted by molar-refractivity contribution is -0.151. The van der Waals surface area contributed by atoms with Crippen molar-refractivity contribution in [3.05, 3.63) is 36.0 Å². The summed E-state index contributed by atoms with van der Waals surface area (Å²) in [5.41, 5.74) is -1.92. The molecule has 0 spiro atoms. The molecule has 0 radical (unpaired) electrons. The van der Waals surface area contributed by atoms with Crippen molar-refractivity contribution in [2.45, 2.75) is 147 Å². The van der Waals surface area contributed by atoms with Crippen molar-refractivity contribution in [1.29, 1.82) is 0 Å². The van der Waals surface area contributed by atoms with E-state index < -0.39 is 47.7 Å². The molecule has 0 aromatic heterocycles. The number of esters is 1. The highest BCUT2D eigenvalue weighted by Gasteiger charge is 2.47. The summed E-state index contributed by atoms with van der Waals surface area (Å²) < 4.78 is 17.5. The second-order valence-electron chi connectivity index (χ2n) is 15.1. The molecule has 11 nitrogen and oxygen atoms in total. The molecule has 272 valence electrons. The molecule has 4 rings (SSSR count). The zero-order valence-corrected chi connectivity index (χ0v) is 29.8. The van der Waals surface area contributed by atoms with E-state index in [-0.39, 0.29) is 43.3 Å². The predicted octanol–water partition coefficient (Wildman–Crippen LogP) is 3.88. The number of allylic oxidation sites excluding steroid dienone is 2. The van der Waals surface area contributed by atoms with Crippen molar-refractivity contribution in [3.8, 4) is 0 Å². The van der Waals surface area contributed by atoms with E-state index in [0.717, 1.165) is 13.1 Å². The van der Waals surface area contributed by atoms with E-state index in [2.05, 4.69) is 4.90 Å². The summed E-state index contributed by atoms with van der Waals surface area (Å²) in [7, 11) is 0. The number of nitrogens with zero attached hydrogens (tertiary/aromatic N) is 2. The van der Waals surface area contributed by atoms with Gasteiger partial charge < -0.3 is 39.5 Å². The molecule has 3 aliphatic heterocycles. The van der Waals surface area contributed by atoms with E-state index >= 15 is 0 Å². The van der Waals surface area contributed by atoms with Crippen LogP contribution in [0.25, 0.3) is 0 Å². The van der Waals surface area contributed by atoms with E-state index in [0.29, 0.717) is 37.5 Å². The van der Waals surface area contributed by atoms with Gasteiger partial charge >= 0.3 is 12.1 Å². The predicted molar refractivity (Wildman–Crippen MR) is 182 cm³/mol. The first-order valence-corrected chi connectivity index (χ1v) is 18.0. The molecule has 0 bridgehead atoms. The summed E-state index contributed by atoms with van der Waals surface area (Å²) in [6.45, 7) is 13.6. The molecule has 10 unspecified atom stereocenters. The molecule has 4 aliphatic rings. The summed E-state index contributed by atoms with van der Waals surface area (Å²) in [5.74, 6) is -0.934. The second-order valence-corrected chi connectivity index (χ2v) is 15.1. The Bertz CT molecular complexity index is 1170. The Morgan fingerprint density at radius 1 is 1.21 bits per heavy atom. The van der Waals surface area contributed by atoms with Crippen LogP contribution in [0.2, 0.25) is 0 Å². The smallest absolute Gasteiger partial charge is 0.410 e. The van der Waals surface area contributed by atoms with Gasteiger partial charge in [-0.15, -0.1) is 0 Å². The van der Waals surface area contributed by atoms with Gasteiger partial charge in [0.25, 0.3) is 0 Å². The molecule has 0 aromatic rings. The number of epoxide rings is 1. The maximum absolute atomic E-state index is 13.3. The summed E-state index contributed by atoms with van der Waals surface area (Å²) in [4.78, 5) is 30.3. The monoisotopic (exact) mass is 676 g/mol. The number of rotatable bonds is 10. The fourth-order valence-corrected chi connectivity index (χ4v) is 7.01. The van der Waals surface area contributed by atoms with Crippen molar-refractivity contribution < 1.29 is 44.2 Å². The third-order valence-electron chi connectivity index (χ3n) is 10.8. The van der Waals surface area contributed by atoms with E-state index in [1.54, 1.807) is 49.1 Å². The fourth-order valence-electron chi connectivity index (χ4n) is 7.01. The highest BCUT2D eigenvalue weighted by molar-refractivity contribution is 5.70. The lowest BCUT2D eigenvalue weighted by Crippen LogP contribution is -2.54. The Morgan fingerprint density at radius 2 is 1.90 bits per heavy atom. The van der Waals surface area contributed by atoms with Gasteiger partial charge in [0.2, 0.25) is 0 Å². The van der Waals surface area contributed by atoms with Crippen LogP contribution in [-0.4, -0.2) is 122 Å². The molecule has 3 heterocycles. The number of carbonyl (C=O) groups excluding carboxylic acids is 2. The molecule has 4 N–H and O–H groups in total. The van der Waals surface area contributed by atoms with Gasteiger partial charge in [0.15, 0.2) is 6.10 Å². The van der Waals surface area contributed by atoms with Gasteiger partial charge in [-0.2, -0.15) is 0 Å². The van der Waals surface area contributed by atoms with Crippen molar-refractivity contribution in [1.82, 2.24) is 9.80 Å². The zero-order chi connectivity index (χ0) is 35.2. The maximum atomic E-state index is 13.3. The molecular formula is C37H60N2O9. The molecule has 1 aliphatic carbocycles. The highest BCUT2D eigenvalue weighted by atomic mass is 16.6. The van der Waals surface area contributed by atoms with E-state index in [4.69, 9.17) is 14.2 Å². The van der Waals surface area contributed by atoms with Crippen LogP contribution in [0, 0.1) is 11.8 Å². The minimum atomic E-state index is -1.48. The van der Waals surface area contributed by atoms with Crippen LogP contribution in [0.1, 0.15) is 92.9 Å². The number of amides is 1. The Hall–Kier alpha value is -2.28. The molecule has 10 atom stereocenters. The van der Waals surface area contributed by atoms with Crippen molar-refractivity contribution in [3.63, 3.8) is 0 Å². The SMILES string of the molecule is CCC(O)C(C)C1OC1CC(C)(O)/C=C/C=C(\C)C1OC(=O)CC(O)CCC(C)(O)C(OC(=O)N2CCN(C3CCC3)CC2)/C=C\C1C. The van der Waals surface area contributed by atoms with Crippen LogP contribution in [-0.2, 0) is 19.0 Å². The van der Waals surface area contributed by atoms with Gasteiger partial charge in [0, 0.05) is 50.5 Å². The molecule has 48 heavy (non-hydrogen) atoms. The fraction of sp³-hybridized carbons (Fsp3) is 0.784. The third-order valence-corrected chi connectivity index (χ3v) is 10.8. The Morgan fingerprint density at radius 3 is 2.52 bits per heavy atom. The summed E-state index contributed by atoms with van der Waals surface area (Å²) >= 11 is 0. The van der Waals surface area contributed by atoms with Crippen LogP contribution < -0.4 is 0 Å². The van der Waals surface area contributed by atoms with Gasteiger partial charge in [-0.3, -0.25) is 9.69 Å². The molecule has 2 saturated heterocycles. The quantitative estimate of drug-likeness (QED) is 0.116. The number of aliphatic hydroxyl groups is 4. The van der Waals surface area contributed by atoms with Crippen LogP contribution in [0.4, 0.5) is 4.79 Å². The molecule has 1 amide bonds. The van der Waals surface area contributed by atoms with Gasteiger partial charge in [-0.1, -0.05) is 51.5 Å². The average Bonchev–Trinajstić information content (AvgIpc) is 3.76. The summed E-state index contributed by atoms with van der Waals surface area (Å²) in [6.07, 6.45) is 9.53. The van der Waals surface area contributed by atoms with Crippen molar-refractivity contribution >= 4 is 12.1 Å². The number of ether oxygens (including phenoxy) is 3.